The molecule has 3 heterocycles. The van der Waals surface area contributed by atoms with Crippen LogP contribution in [0, 0.1) is 10.1 Å². The third-order valence-electron chi connectivity index (χ3n) is 6.38. The van der Waals surface area contributed by atoms with E-state index in [2.05, 4.69) is 21.0 Å². The van der Waals surface area contributed by atoms with E-state index in [1.54, 1.807) is 18.2 Å². The molecule has 9 heteroatoms. The topological polar surface area (TPSA) is 114 Å². The Labute approximate surface area is 188 Å². The fraction of sp³-hybridized carbons (Fsp3) is 0.208. The predicted octanol–water partition coefficient (Wildman–Crippen LogP) is 4.35. The van der Waals surface area contributed by atoms with Crippen LogP contribution in [-0.2, 0) is 19.4 Å². The van der Waals surface area contributed by atoms with Crippen LogP contribution in [0.2, 0.25) is 0 Å². The number of ether oxygens (including phenoxy) is 1. The molecule has 1 aliphatic carbocycles. The fourth-order valence-electron chi connectivity index (χ4n) is 4.85. The zero-order valence-electron chi connectivity index (χ0n) is 17.6. The Morgan fingerprint density at radius 1 is 1.03 bits per heavy atom. The molecule has 4 aromatic rings. The molecule has 33 heavy (non-hydrogen) atoms. The molecule has 0 radical (unpaired) electrons. The zero-order valence-corrected chi connectivity index (χ0v) is 17.6. The Morgan fingerprint density at radius 2 is 1.91 bits per heavy atom. The van der Waals surface area contributed by atoms with Gasteiger partial charge in [-0.15, -0.1) is 0 Å². The number of Topliss-reactive ketones (excluding diaryl/α,β-unsaturated/α-hetero) is 1. The van der Waals surface area contributed by atoms with Crippen molar-refractivity contribution in [3.05, 3.63) is 81.3 Å². The molecule has 0 bridgehead atoms. The normalized spacial score (nSPS) is 14.9. The minimum absolute atomic E-state index is 0.0516. The van der Waals surface area contributed by atoms with Gasteiger partial charge >= 0.3 is 11.6 Å². The lowest BCUT2D eigenvalue weighted by atomic mass is 10.0. The summed E-state index contributed by atoms with van der Waals surface area (Å²) in [7, 11) is 0. The molecule has 0 saturated carbocycles. The first-order valence-electron chi connectivity index (χ1n) is 10.8. The van der Waals surface area contributed by atoms with Crippen LogP contribution in [0.3, 0.4) is 0 Å². The van der Waals surface area contributed by atoms with Gasteiger partial charge < -0.3 is 14.6 Å². The maximum atomic E-state index is 12.1. The lowest BCUT2D eigenvalue weighted by molar-refractivity contribution is -0.385. The third kappa shape index (κ3) is 3.12. The number of carbonyl (C=O) groups is 1. The summed E-state index contributed by atoms with van der Waals surface area (Å²) >= 11 is 0. The SMILES string of the molecule is O=C1CCc2c(Oc3ncnc(N4CCc5c([nH]c6ccccc56)C4)c3[N+](=O)[O-])cccc21. The van der Waals surface area contributed by atoms with Crippen LogP contribution in [0.4, 0.5) is 11.5 Å². The molecule has 0 spiro atoms. The first kappa shape index (κ1) is 19.4. The Kier molecular flexibility index (Phi) is 4.36. The Bertz CT molecular complexity index is 1440. The number of para-hydroxylation sites is 1. The number of ketones is 1. The summed E-state index contributed by atoms with van der Waals surface area (Å²) in [6, 6.07) is 13.3. The van der Waals surface area contributed by atoms with E-state index in [4.69, 9.17) is 4.74 Å². The maximum absolute atomic E-state index is 12.1. The number of aromatic amines is 1. The minimum atomic E-state index is -0.500. The fourth-order valence-corrected chi connectivity index (χ4v) is 4.85. The molecule has 1 N–H and O–H groups in total. The quantitative estimate of drug-likeness (QED) is 0.370. The maximum Gasteiger partial charge on any atom is 0.373 e. The second kappa shape index (κ2) is 7.40. The van der Waals surface area contributed by atoms with E-state index in [1.807, 2.05) is 23.1 Å². The summed E-state index contributed by atoms with van der Waals surface area (Å²) in [6.07, 6.45) is 2.98. The number of hydrogen-bond donors (Lipinski definition) is 1. The van der Waals surface area contributed by atoms with Crippen molar-refractivity contribution in [1.29, 1.82) is 0 Å². The molecule has 9 nitrogen and oxygen atoms in total. The number of nitrogens with zero attached hydrogens (tertiary/aromatic N) is 4. The van der Waals surface area contributed by atoms with Crippen molar-refractivity contribution in [2.24, 2.45) is 0 Å². The van der Waals surface area contributed by atoms with Gasteiger partial charge in [0, 0.05) is 40.7 Å². The highest BCUT2D eigenvalue weighted by Crippen LogP contribution is 2.40. The van der Waals surface area contributed by atoms with Gasteiger partial charge in [0.2, 0.25) is 5.82 Å². The molecule has 2 aliphatic rings. The first-order valence-corrected chi connectivity index (χ1v) is 10.8. The number of benzene rings is 2. The molecular formula is C24H19N5O4. The smallest absolute Gasteiger partial charge is 0.373 e. The highest BCUT2D eigenvalue weighted by Gasteiger charge is 2.32. The number of rotatable bonds is 4. The summed E-state index contributed by atoms with van der Waals surface area (Å²) in [5, 5.41) is 13.3. The zero-order chi connectivity index (χ0) is 22.5. The van der Waals surface area contributed by atoms with Gasteiger partial charge in [0.25, 0.3) is 0 Å². The van der Waals surface area contributed by atoms with Crippen molar-refractivity contribution >= 4 is 28.2 Å². The second-order valence-corrected chi connectivity index (χ2v) is 8.21. The monoisotopic (exact) mass is 441 g/mol. The van der Waals surface area contributed by atoms with E-state index < -0.39 is 4.92 Å². The molecule has 0 amide bonds. The number of anilines is 1. The lowest BCUT2D eigenvalue weighted by Gasteiger charge is -2.27. The summed E-state index contributed by atoms with van der Waals surface area (Å²) in [5.41, 5.74) is 4.40. The highest BCUT2D eigenvalue weighted by atomic mass is 16.6. The van der Waals surface area contributed by atoms with Crippen molar-refractivity contribution in [1.82, 2.24) is 15.0 Å². The average Bonchev–Trinajstić information content (AvgIpc) is 3.39. The van der Waals surface area contributed by atoms with Crippen molar-refractivity contribution < 1.29 is 14.5 Å². The molecule has 2 aromatic heterocycles. The van der Waals surface area contributed by atoms with Crippen LogP contribution in [0.1, 0.15) is 33.6 Å². The third-order valence-corrected chi connectivity index (χ3v) is 6.38. The first-order chi connectivity index (χ1) is 16.1. The van der Waals surface area contributed by atoms with Crippen molar-refractivity contribution in [2.45, 2.75) is 25.8 Å². The van der Waals surface area contributed by atoms with Gasteiger partial charge in [0.15, 0.2) is 5.78 Å². The van der Waals surface area contributed by atoms with E-state index in [-0.39, 0.29) is 23.2 Å². The average molecular weight is 441 g/mol. The van der Waals surface area contributed by atoms with E-state index in [9.17, 15) is 14.9 Å². The van der Waals surface area contributed by atoms with Crippen molar-refractivity contribution in [3.8, 4) is 11.6 Å². The van der Waals surface area contributed by atoms with Gasteiger partial charge in [-0.25, -0.2) is 4.98 Å². The van der Waals surface area contributed by atoms with Crippen LogP contribution in [-0.4, -0.2) is 32.2 Å². The molecule has 6 rings (SSSR count). The van der Waals surface area contributed by atoms with Crippen LogP contribution < -0.4 is 9.64 Å². The summed E-state index contributed by atoms with van der Waals surface area (Å²) in [5.74, 6) is 0.566. The molecule has 0 unspecified atom stereocenters. The number of H-pyrrole nitrogens is 1. The van der Waals surface area contributed by atoms with Crippen LogP contribution in [0.5, 0.6) is 11.6 Å². The van der Waals surface area contributed by atoms with Gasteiger partial charge in [0.1, 0.15) is 12.1 Å². The van der Waals surface area contributed by atoms with E-state index in [0.29, 0.717) is 37.2 Å². The Morgan fingerprint density at radius 3 is 2.79 bits per heavy atom. The molecule has 164 valence electrons. The van der Waals surface area contributed by atoms with Gasteiger partial charge in [-0.3, -0.25) is 14.9 Å². The van der Waals surface area contributed by atoms with Crippen LogP contribution in [0.15, 0.2) is 48.8 Å². The molecule has 0 saturated heterocycles. The largest absolute Gasteiger partial charge is 0.433 e. The Hall–Kier alpha value is -4.27. The molecule has 0 fully saturated rings. The highest BCUT2D eigenvalue weighted by molar-refractivity contribution is 6.01. The summed E-state index contributed by atoms with van der Waals surface area (Å²) in [4.78, 5) is 37.3. The van der Waals surface area contributed by atoms with Gasteiger partial charge in [0.05, 0.1) is 11.5 Å². The summed E-state index contributed by atoms with van der Waals surface area (Å²) < 4.78 is 5.93. The number of aromatic nitrogens is 3. The molecule has 0 atom stereocenters. The second-order valence-electron chi connectivity index (χ2n) is 8.21. The molecule has 2 aromatic carbocycles. The van der Waals surface area contributed by atoms with Gasteiger partial charge in [-0.05, 0) is 30.5 Å². The lowest BCUT2D eigenvalue weighted by Crippen LogP contribution is -2.31. The van der Waals surface area contributed by atoms with Gasteiger partial charge in [-0.1, -0.05) is 30.3 Å². The van der Waals surface area contributed by atoms with E-state index in [0.717, 1.165) is 23.2 Å². The van der Waals surface area contributed by atoms with Crippen LogP contribution in [0.25, 0.3) is 10.9 Å². The van der Waals surface area contributed by atoms with Crippen molar-refractivity contribution in [2.75, 3.05) is 11.4 Å². The van der Waals surface area contributed by atoms with Crippen LogP contribution >= 0.6 is 0 Å². The number of nitro groups is 1. The van der Waals surface area contributed by atoms with E-state index in [1.165, 1.54) is 17.3 Å². The standard InChI is InChI=1S/C24H19N5O4/c30-20-9-8-17-16(20)5-3-7-21(17)33-24-22(29(31)32)23(25-13-26-24)28-11-10-15-14-4-1-2-6-18(14)27-19(15)12-28/h1-7,13,27H,8-12H2. The summed E-state index contributed by atoms with van der Waals surface area (Å²) in [6.45, 7) is 1.05. The molecular weight excluding hydrogens is 422 g/mol. The molecule has 1 aliphatic heterocycles. The number of hydrogen-bond acceptors (Lipinski definition) is 7. The van der Waals surface area contributed by atoms with E-state index >= 15 is 0 Å². The number of nitrogens with one attached hydrogen (secondary N) is 1. The Balaban J connectivity index is 1.38. The number of fused-ring (bicyclic) bond motifs is 4. The predicted molar refractivity (Wildman–Crippen MR) is 121 cm³/mol. The minimum Gasteiger partial charge on any atom is -0.433 e. The van der Waals surface area contributed by atoms with Gasteiger partial charge in [-0.2, -0.15) is 4.98 Å². The number of carbonyl (C=O) groups excluding carboxylic acids is 1. The van der Waals surface area contributed by atoms with Crippen molar-refractivity contribution in [3.63, 3.8) is 0 Å².